The summed E-state index contributed by atoms with van der Waals surface area (Å²) in [7, 11) is 1.69. The van der Waals surface area contributed by atoms with Crippen molar-refractivity contribution in [3.05, 3.63) is 60.1 Å². The van der Waals surface area contributed by atoms with Gasteiger partial charge < -0.3 is 30.5 Å². The minimum atomic E-state index is -0.597. The van der Waals surface area contributed by atoms with E-state index in [0.717, 1.165) is 19.5 Å². The smallest absolute Gasteiger partial charge is 0.279 e. The SMILES string of the molecule is CN/C=C\C(N)=NC(=O)c1cc(Oc2cncc(C(=O)N3CCC3)c2)cc(O[C@@H](C)CO)c1. The Bertz CT molecular complexity index is 1060. The Morgan fingerprint density at radius 1 is 1.21 bits per heavy atom. The highest BCUT2D eigenvalue weighted by molar-refractivity contribution is 6.06. The number of hydrogen-bond donors (Lipinski definition) is 3. The summed E-state index contributed by atoms with van der Waals surface area (Å²) in [5.74, 6) is 0.220. The maximum absolute atomic E-state index is 12.6. The van der Waals surface area contributed by atoms with Crippen molar-refractivity contribution in [3.63, 3.8) is 0 Å². The maximum atomic E-state index is 12.6. The van der Waals surface area contributed by atoms with E-state index >= 15 is 0 Å². The van der Waals surface area contributed by atoms with Crippen molar-refractivity contribution in [2.24, 2.45) is 10.7 Å². The maximum Gasteiger partial charge on any atom is 0.279 e. The van der Waals surface area contributed by atoms with E-state index in [1.807, 2.05) is 0 Å². The van der Waals surface area contributed by atoms with E-state index in [1.54, 1.807) is 37.2 Å². The number of amides is 2. The number of aliphatic hydroxyl groups excluding tert-OH is 1. The number of nitrogens with two attached hydrogens (primary N) is 1. The van der Waals surface area contributed by atoms with Crippen molar-refractivity contribution in [2.45, 2.75) is 19.4 Å². The lowest BCUT2D eigenvalue weighted by Gasteiger charge is -2.30. The minimum absolute atomic E-state index is 0.0215. The highest BCUT2D eigenvalue weighted by Gasteiger charge is 2.22. The third-order valence-electron chi connectivity index (χ3n) is 4.71. The Balaban J connectivity index is 1.88. The average molecular weight is 453 g/mol. The first-order valence-corrected chi connectivity index (χ1v) is 10.5. The molecule has 0 spiro atoms. The van der Waals surface area contributed by atoms with E-state index in [2.05, 4.69) is 15.3 Å². The lowest BCUT2D eigenvalue weighted by atomic mass is 10.1. The quantitative estimate of drug-likeness (QED) is 0.385. The number of rotatable bonds is 9. The van der Waals surface area contributed by atoms with E-state index in [0.29, 0.717) is 17.1 Å². The summed E-state index contributed by atoms with van der Waals surface area (Å²) in [5, 5.41) is 12.1. The number of carbonyl (C=O) groups is 2. The zero-order valence-corrected chi connectivity index (χ0v) is 18.5. The lowest BCUT2D eigenvalue weighted by Crippen LogP contribution is -2.42. The molecule has 1 aromatic heterocycles. The molecule has 1 aromatic carbocycles. The molecule has 10 heteroatoms. The second-order valence-corrected chi connectivity index (χ2v) is 7.43. The summed E-state index contributed by atoms with van der Waals surface area (Å²) in [6.45, 7) is 2.93. The number of pyridine rings is 1. The van der Waals surface area contributed by atoms with Crippen LogP contribution in [0.15, 0.2) is 53.9 Å². The molecule has 1 fully saturated rings. The standard InChI is InChI=1S/C23H27N5O5/c1-15(14-29)32-18-8-16(22(30)27-21(24)4-5-25-2)9-19(11-18)33-20-10-17(12-26-13-20)23(31)28-6-3-7-28/h4-5,8-13,15,25,29H,3,6-7,14H2,1-2H3,(H2,24,27,30)/b5-4-/t15-/m0/s1. The molecule has 2 amide bonds. The predicted octanol–water partition coefficient (Wildman–Crippen LogP) is 1.71. The second-order valence-electron chi connectivity index (χ2n) is 7.43. The van der Waals surface area contributed by atoms with Crippen molar-refractivity contribution < 1.29 is 24.2 Å². The van der Waals surface area contributed by atoms with Gasteiger partial charge in [0.1, 0.15) is 29.2 Å². The van der Waals surface area contributed by atoms with Crippen molar-refractivity contribution >= 4 is 17.6 Å². The Labute approximate surface area is 191 Å². The first kappa shape index (κ1) is 23.7. The van der Waals surface area contributed by atoms with Gasteiger partial charge in [0.2, 0.25) is 0 Å². The van der Waals surface area contributed by atoms with Crippen LogP contribution in [0.1, 0.15) is 34.1 Å². The molecule has 10 nitrogen and oxygen atoms in total. The number of nitrogens with one attached hydrogen (secondary N) is 1. The molecule has 1 aliphatic rings. The second kappa shape index (κ2) is 11.1. The normalized spacial score (nSPS) is 14.5. The third kappa shape index (κ3) is 6.53. The summed E-state index contributed by atoms with van der Waals surface area (Å²) < 4.78 is 11.5. The number of aliphatic hydroxyl groups is 1. The van der Waals surface area contributed by atoms with E-state index < -0.39 is 12.0 Å². The molecule has 0 unspecified atom stereocenters. The summed E-state index contributed by atoms with van der Waals surface area (Å²) in [6, 6.07) is 6.14. The van der Waals surface area contributed by atoms with Crippen LogP contribution >= 0.6 is 0 Å². The zero-order valence-electron chi connectivity index (χ0n) is 18.5. The molecule has 1 atom stereocenters. The fraction of sp³-hybridized carbons (Fsp3) is 0.304. The first-order chi connectivity index (χ1) is 15.9. The largest absolute Gasteiger partial charge is 0.488 e. The predicted molar refractivity (Wildman–Crippen MR) is 123 cm³/mol. The minimum Gasteiger partial charge on any atom is -0.488 e. The van der Waals surface area contributed by atoms with Crippen LogP contribution in [-0.4, -0.2) is 65.5 Å². The van der Waals surface area contributed by atoms with Crippen LogP contribution in [-0.2, 0) is 0 Å². The highest BCUT2D eigenvalue weighted by Crippen LogP contribution is 2.29. The molecule has 174 valence electrons. The first-order valence-electron chi connectivity index (χ1n) is 10.5. The van der Waals surface area contributed by atoms with Crippen LogP contribution in [0.3, 0.4) is 0 Å². The number of nitrogens with zero attached hydrogens (tertiary/aromatic N) is 3. The number of hydrogen-bond acceptors (Lipinski definition) is 7. The summed E-state index contributed by atoms with van der Waals surface area (Å²) in [4.78, 5) is 34.8. The number of likely N-dealkylation sites (tertiary alicyclic amines) is 1. The van der Waals surface area contributed by atoms with Crippen molar-refractivity contribution in [2.75, 3.05) is 26.7 Å². The van der Waals surface area contributed by atoms with Crippen LogP contribution in [0, 0.1) is 0 Å². The molecule has 0 aliphatic carbocycles. The monoisotopic (exact) mass is 453 g/mol. The van der Waals surface area contributed by atoms with Gasteiger partial charge in [-0.05, 0) is 43.8 Å². The molecule has 2 aromatic rings. The van der Waals surface area contributed by atoms with Gasteiger partial charge in [0, 0.05) is 38.0 Å². The molecule has 33 heavy (non-hydrogen) atoms. The van der Waals surface area contributed by atoms with Crippen molar-refractivity contribution in [1.82, 2.24) is 15.2 Å². The Hall–Kier alpha value is -3.92. The van der Waals surface area contributed by atoms with Crippen molar-refractivity contribution in [3.8, 4) is 17.2 Å². The molecule has 3 rings (SSSR count). The zero-order chi connectivity index (χ0) is 23.8. The third-order valence-corrected chi connectivity index (χ3v) is 4.71. The van der Waals surface area contributed by atoms with Gasteiger partial charge in [-0.3, -0.25) is 14.6 Å². The molecule has 1 saturated heterocycles. The molecule has 4 N–H and O–H groups in total. The molecular weight excluding hydrogens is 426 g/mol. The summed E-state index contributed by atoms with van der Waals surface area (Å²) in [6.07, 6.45) is 6.44. The molecule has 2 heterocycles. The summed E-state index contributed by atoms with van der Waals surface area (Å²) in [5.41, 5.74) is 6.34. The molecule has 0 saturated carbocycles. The fourth-order valence-electron chi connectivity index (χ4n) is 2.91. The molecular formula is C23H27N5O5. The number of carbonyl (C=O) groups excluding carboxylic acids is 2. The van der Waals surface area contributed by atoms with Gasteiger partial charge in [0.25, 0.3) is 11.8 Å². The number of aromatic nitrogens is 1. The van der Waals surface area contributed by atoms with Crippen LogP contribution in [0.25, 0.3) is 0 Å². The van der Waals surface area contributed by atoms with E-state index in [9.17, 15) is 14.7 Å². The molecule has 0 bridgehead atoms. The van der Waals surface area contributed by atoms with Crippen molar-refractivity contribution in [1.29, 1.82) is 0 Å². The fourth-order valence-corrected chi connectivity index (χ4v) is 2.91. The van der Waals surface area contributed by atoms with E-state index in [1.165, 1.54) is 30.6 Å². The summed E-state index contributed by atoms with van der Waals surface area (Å²) >= 11 is 0. The Kier molecular flexibility index (Phi) is 7.98. The average Bonchev–Trinajstić information content (AvgIpc) is 2.76. The van der Waals surface area contributed by atoms with Gasteiger partial charge in [0.15, 0.2) is 0 Å². The van der Waals surface area contributed by atoms with Crippen LogP contribution in [0.5, 0.6) is 17.2 Å². The number of ether oxygens (including phenoxy) is 2. The number of benzene rings is 1. The van der Waals surface area contributed by atoms with Gasteiger partial charge >= 0.3 is 0 Å². The Morgan fingerprint density at radius 3 is 2.61 bits per heavy atom. The highest BCUT2D eigenvalue weighted by atomic mass is 16.5. The lowest BCUT2D eigenvalue weighted by molar-refractivity contribution is 0.0651. The van der Waals surface area contributed by atoms with Gasteiger partial charge in [-0.2, -0.15) is 4.99 Å². The van der Waals surface area contributed by atoms with Crippen LogP contribution in [0.2, 0.25) is 0 Å². The van der Waals surface area contributed by atoms with Gasteiger partial charge in [-0.25, -0.2) is 0 Å². The van der Waals surface area contributed by atoms with Crippen LogP contribution in [0.4, 0.5) is 0 Å². The molecule has 0 radical (unpaired) electrons. The van der Waals surface area contributed by atoms with E-state index in [4.69, 9.17) is 15.2 Å². The van der Waals surface area contributed by atoms with Crippen LogP contribution < -0.4 is 20.5 Å². The molecule has 1 aliphatic heterocycles. The number of aliphatic imine (C=N–C) groups is 1. The van der Waals surface area contributed by atoms with Gasteiger partial charge in [0.05, 0.1) is 18.4 Å². The Morgan fingerprint density at radius 2 is 1.94 bits per heavy atom. The number of amidine groups is 1. The van der Waals surface area contributed by atoms with Gasteiger partial charge in [-0.1, -0.05) is 0 Å². The van der Waals surface area contributed by atoms with Gasteiger partial charge in [-0.15, -0.1) is 0 Å². The van der Waals surface area contributed by atoms with E-state index in [-0.39, 0.29) is 29.7 Å². The topological polar surface area (TPSA) is 139 Å².